The Morgan fingerprint density at radius 3 is 1.87 bits per heavy atom. The van der Waals surface area contributed by atoms with Crippen LogP contribution in [0.3, 0.4) is 0 Å². The molecule has 2 heterocycles. The van der Waals surface area contributed by atoms with Crippen LogP contribution in [0.4, 0.5) is 0 Å². The fraction of sp³-hybridized carbons (Fsp3) is 0.333. The van der Waals surface area contributed by atoms with Crippen LogP contribution in [0.5, 0.6) is 34.5 Å². The lowest BCUT2D eigenvalue weighted by molar-refractivity contribution is 0.156. The van der Waals surface area contributed by atoms with Crippen molar-refractivity contribution < 1.29 is 44.1 Å². The van der Waals surface area contributed by atoms with Gasteiger partial charge in [-0.3, -0.25) is 0 Å². The van der Waals surface area contributed by atoms with E-state index in [9.17, 15) is 20.4 Å². The van der Waals surface area contributed by atoms with E-state index in [0.29, 0.717) is 28.7 Å². The zero-order valence-corrected chi connectivity index (χ0v) is 22.0. The van der Waals surface area contributed by atoms with Crippen LogP contribution in [-0.2, 0) is 0 Å². The first-order valence-corrected chi connectivity index (χ1v) is 12.6. The highest BCUT2D eigenvalue weighted by Gasteiger charge is 2.42. The Bertz CT molecular complexity index is 1380. The molecule has 0 saturated heterocycles. The Morgan fingerprint density at radius 1 is 0.718 bits per heavy atom. The van der Waals surface area contributed by atoms with Gasteiger partial charge < -0.3 is 44.1 Å². The summed E-state index contributed by atoms with van der Waals surface area (Å²) in [4.78, 5) is 0. The van der Waals surface area contributed by atoms with Crippen LogP contribution >= 0.6 is 0 Å². The molecule has 0 spiro atoms. The van der Waals surface area contributed by atoms with E-state index in [1.165, 1.54) is 13.2 Å². The number of aromatic hydroxyl groups is 1. The molecule has 9 nitrogen and oxygen atoms in total. The molecule has 3 aromatic rings. The Hall–Kier alpha value is -3.92. The maximum absolute atomic E-state index is 10.4. The molecular formula is C30H32O9. The van der Waals surface area contributed by atoms with Crippen molar-refractivity contribution in [3.63, 3.8) is 0 Å². The van der Waals surface area contributed by atoms with Crippen LogP contribution in [-0.4, -0.2) is 61.6 Å². The Morgan fingerprint density at radius 2 is 1.28 bits per heavy atom. The monoisotopic (exact) mass is 536 g/mol. The number of rotatable bonds is 9. The van der Waals surface area contributed by atoms with Crippen molar-refractivity contribution in [2.45, 2.75) is 24.0 Å². The van der Waals surface area contributed by atoms with Gasteiger partial charge >= 0.3 is 0 Å². The minimum Gasteiger partial charge on any atom is -0.504 e. The predicted molar refractivity (Wildman–Crippen MR) is 143 cm³/mol. The summed E-state index contributed by atoms with van der Waals surface area (Å²) in [5.74, 6) is 1.56. The van der Waals surface area contributed by atoms with Crippen LogP contribution in [0, 0.1) is 0 Å². The van der Waals surface area contributed by atoms with Crippen molar-refractivity contribution in [3.05, 3.63) is 76.4 Å². The zero-order valence-electron chi connectivity index (χ0n) is 22.0. The smallest absolute Gasteiger partial charge is 0.165 e. The van der Waals surface area contributed by atoms with Gasteiger partial charge in [0.15, 0.2) is 34.5 Å². The highest BCUT2D eigenvalue weighted by atomic mass is 16.5. The van der Waals surface area contributed by atoms with Gasteiger partial charge in [0, 0.05) is 11.1 Å². The first-order chi connectivity index (χ1) is 19.0. The van der Waals surface area contributed by atoms with Gasteiger partial charge in [-0.1, -0.05) is 18.2 Å². The van der Waals surface area contributed by atoms with Crippen molar-refractivity contribution in [3.8, 4) is 34.5 Å². The van der Waals surface area contributed by atoms with Crippen molar-refractivity contribution in [1.29, 1.82) is 0 Å². The van der Waals surface area contributed by atoms with Gasteiger partial charge in [-0.25, -0.2) is 0 Å². The van der Waals surface area contributed by atoms with E-state index in [-0.39, 0.29) is 25.6 Å². The third-order valence-electron chi connectivity index (χ3n) is 7.34. The largest absolute Gasteiger partial charge is 0.504 e. The number of methoxy groups -OCH3 is 3. The lowest BCUT2D eigenvalue weighted by atomic mass is 9.86. The third kappa shape index (κ3) is 4.63. The fourth-order valence-electron chi connectivity index (χ4n) is 5.45. The summed E-state index contributed by atoms with van der Waals surface area (Å²) < 4.78 is 29.3. The number of aliphatic hydroxyl groups is 3. The number of fused-ring (bicyclic) bond motifs is 2. The first-order valence-electron chi connectivity index (χ1n) is 12.6. The van der Waals surface area contributed by atoms with E-state index < -0.39 is 24.0 Å². The van der Waals surface area contributed by atoms with Gasteiger partial charge in [0.1, 0.15) is 12.2 Å². The second-order valence-electron chi connectivity index (χ2n) is 9.45. The number of aliphatic hydroxyl groups excluding tert-OH is 3. The van der Waals surface area contributed by atoms with Crippen LogP contribution in [0.15, 0.2) is 48.5 Å². The molecule has 0 unspecified atom stereocenters. The number of phenolic OH excluding ortho intramolecular Hbond substituents is 1. The topological polar surface area (TPSA) is 127 Å². The van der Waals surface area contributed by atoms with Gasteiger partial charge in [-0.2, -0.15) is 0 Å². The van der Waals surface area contributed by atoms with Crippen LogP contribution in [0.25, 0.3) is 6.08 Å². The third-order valence-corrected chi connectivity index (χ3v) is 7.34. The number of hydrogen-bond donors (Lipinski definition) is 4. The Balaban J connectivity index is 1.55. The van der Waals surface area contributed by atoms with E-state index >= 15 is 0 Å². The van der Waals surface area contributed by atoms with E-state index in [1.807, 2.05) is 24.3 Å². The molecule has 9 heteroatoms. The van der Waals surface area contributed by atoms with Gasteiger partial charge in [0.05, 0.1) is 53.0 Å². The zero-order chi connectivity index (χ0) is 27.7. The van der Waals surface area contributed by atoms with Crippen molar-refractivity contribution in [2.24, 2.45) is 0 Å². The van der Waals surface area contributed by atoms with Crippen LogP contribution in [0.1, 0.15) is 51.9 Å². The summed E-state index contributed by atoms with van der Waals surface area (Å²) in [7, 11) is 4.57. The minimum absolute atomic E-state index is 0.00982. The Kier molecular flexibility index (Phi) is 7.56. The average molecular weight is 537 g/mol. The molecule has 0 radical (unpaired) electrons. The van der Waals surface area contributed by atoms with E-state index in [0.717, 1.165) is 27.8 Å². The molecule has 0 bridgehead atoms. The van der Waals surface area contributed by atoms with Gasteiger partial charge in [0.25, 0.3) is 0 Å². The molecule has 0 aromatic heterocycles. The second kappa shape index (κ2) is 11.1. The van der Waals surface area contributed by atoms with Crippen LogP contribution < -0.4 is 23.7 Å². The second-order valence-corrected chi connectivity index (χ2v) is 9.45. The molecule has 5 rings (SSSR count). The molecule has 3 aromatic carbocycles. The normalized spacial score (nSPS) is 21.3. The predicted octanol–water partition coefficient (Wildman–Crippen LogP) is 3.84. The molecule has 0 amide bonds. The maximum atomic E-state index is 10.4. The van der Waals surface area contributed by atoms with Crippen molar-refractivity contribution >= 4 is 6.08 Å². The number of phenols is 1. The summed E-state index contributed by atoms with van der Waals surface area (Å²) in [5.41, 5.74) is 3.84. The highest BCUT2D eigenvalue weighted by molar-refractivity contribution is 5.63. The number of hydrogen-bond acceptors (Lipinski definition) is 9. The summed E-state index contributed by atoms with van der Waals surface area (Å²) in [5, 5.41) is 40.1. The minimum atomic E-state index is -0.553. The molecule has 39 heavy (non-hydrogen) atoms. The maximum Gasteiger partial charge on any atom is 0.165 e. The van der Waals surface area contributed by atoms with E-state index in [2.05, 4.69) is 0 Å². The molecule has 206 valence electrons. The number of benzene rings is 3. The SMILES string of the molecule is COc1cc([C@@H]2Oc3c(OC)cc([C@H]4Oc5c(OC)cc(C=CCO)cc5[C@H]4CO)cc3[C@H]2CO)ccc1O. The summed E-state index contributed by atoms with van der Waals surface area (Å²) in [6, 6.07) is 12.4. The molecule has 0 saturated carbocycles. The molecule has 4 atom stereocenters. The lowest BCUT2D eigenvalue weighted by Gasteiger charge is -2.20. The molecular weight excluding hydrogens is 504 g/mol. The van der Waals surface area contributed by atoms with Crippen LogP contribution in [0.2, 0.25) is 0 Å². The average Bonchev–Trinajstić information content (AvgIpc) is 3.53. The summed E-state index contributed by atoms with van der Waals surface area (Å²) >= 11 is 0. The van der Waals surface area contributed by atoms with Gasteiger partial charge in [0.2, 0.25) is 0 Å². The standard InChI is InChI=1S/C30H32O9/c1-35-24-12-17(6-7-23(24)34)27-22(15-33)20-11-18(13-26(37-3)30(20)38-27)28-21(14-32)19-9-16(5-4-8-31)10-25(36-2)29(19)39-28/h4-7,9-13,21-22,27-28,31-34H,8,14-15H2,1-3H3/t21-,22-,27+,28-/m1/s1. The first kappa shape index (κ1) is 26.7. The van der Waals surface area contributed by atoms with Crippen molar-refractivity contribution in [1.82, 2.24) is 0 Å². The summed E-state index contributed by atoms with van der Waals surface area (Å²) in [6.45, 7) is -0.469. The molecule has 0 aliphatic carbocycles. The molecule has 2 aliphatic heterocycles. The summed E-state index contributed by atoms with van der Waals surface area (Å²) in [6.07, 6.45) is 2.32. The molecule has 0 fully saturated rings. The quantitative estimate of drug-likeness (QED) is 0.323. The number of ether oxygens (including phenoxy) is 5. The van der Waals surface area contributed by atoms with Gasteiger partial charge in [-0.05, 0) is 53.1 Å². The van der Waals surface area contributed by atoms with E-state index in [1.54, 1.807) is 38.5 Å². The fourth-order valence-corrected chi connectivity index (χ4v) is 5.45. The highest BCUT2D eigenvalue weighted by Crippen LogP contribution is 2.55. The molecule has 2 aliphatic rings. The van der Waals surface area contributed by atoms with Crippen molar-refractivity contribution in [2.75, 3.05) is 41.2 Å². The molecule has 4 N–H and O–H groups in total. The van der Waals surface area contributed by atoms with Gasteiger partial charge in [-0.15, -0.1) is 0 Å². The lowest BCUT2D eigenvalue weighted by Crippen LogP contribution is -2.15. The Labute approximate surface area is 226 Å². The van der Waals surface area contributed by atoms with E-state index in [4.69, 9.17) is 23.7 Å².